The Hall–Kier alpha value is -1.26. The fourth-order valence-corrected chi connectivity index (χ4v) is 1.49. The zero-order valence-electron chi connectivity index (χ0n) is 6.88. The van der Waals surface area contributed by atoms with Gasteiger partial charge in [0, 0.05) is 24.6 Å². The molecular weight excluding hydrogens is 146 g/mol. The summed E-state index contributed by atoms with van der Waals surface area (Å²) >= 11 is 0. The molecule has 1 aromatic rings. The van der Waals surface area contributed by atoms with Crippen LogP contribution in [0.5, 0.6) is 0 Å². The summed E-state index contributed by atoms with van der Waals surface area (Å²) in [6.07, 6.45) is 5.40. The van der Waals surface area contributed by atoms with Crippen LogP contribution in [0.15, 0.2) is 24.3 Å². The molecule has 1 heteroatoms. The smallest absolute Gasteiger partial charge is 0.0278 e. The zero-order chi connectivity index (χ0) is 8.39. The van der Waals surface area contributed by atoms with Crippen molar-refractivity contribution in [3.63, 3.8) is 0 Å². The van der Waals surface area contributed by atoms with Gasteiger partial charge in [-0.2, -0.15) is 0 Å². The molecule has 0 unspecified atom stereocenters. The molecule has 0 atom stereocenters. The van der Waals surface area contributed by atoms with Crippen molar-refractivity contribution in [1.29, 1.82) is 0 Å². The molecule has 60 valence electrons. The number of hydrogen-bond acceptors (Lipinski definition) is 1. The van der Waals surface area contributed by atoms with E-state index in [0.29, 0.717) is 5.92 Å². The van der Waals surface area contributed by atoms with Crippen LogP contribution in [0.2, 0.25) is 0 Å². The third-order valence-electron chi connectivity index (χ3n) is 2.34. The second-order valence-electron chi connectivity index (χ2n) is 3.09. The molecule has 1 fully saturated rings. The molecule has 0 bridgehead atoms. The van der Waals surface area contributed by atoms with Crippen molar-refractivity contribution in [2.75, 3.05) is 13.1 Å². The summed E-state index contributed by atoms with van der Waals surface area (Å²) in [6, 6.07) is 8.17. The average molecular weight is 157 g/mol. The van der Waals surface area contributed by atoms with Crippen molar-refractivity contribution in [3.8, 4) is 12.3 Å². The summed E-state index contributed by atoms with van der Waals surface area (Å²) in [5.74, 6) is 3.35. The molecule has 1 heterocycles. The van der Waals surface area contributed by atoms with Crippen molar-refractivity contribution in [3.05, 3.63) is 35.4 Å². The lowest BCUT2D eigenvalue weighted by Crippen LogP contribution is -2.40. The molecule has 0 saturated carbocycles. The predicted octanol–water partition coefficient (Wildman–Crippen LogP) is 1.35. The number of terminal acetylenes is 1. The fraction of sp³-hybridized carbons (Fsp3) is 0.273. The predicted molar refractivity (Wildman–Crippen MR) is 50.0 cm³/mol. The van der Waals surface area contributed by atoms with Gasteiger partial charge in [0.25, 0.3) is 0 Å². The second kappa shape index (κ2) is 3.00. The van der Waals surface area contributed by atoms with E-state index < -0.39 is 0 Å². The summed E-state index contributed by atoms with van der Waals surface area (Å²) in [4.78, 5) is 0. The Morgan fingerprint density at radius 2 is 2.08 bits per heavy atom. The Bertz CT molecular complexity index is 318. The van der Waals surface area contributed by atoms with E-state index in [9.17, 15) is 0 Å². The highest BCUT2D eigenvalue weighted by Crippen LogP contribution is 2.22. The van der Waals surface area contributed by atoms with Crippen LogP contribution in [0.4, 0.5) is 0 Å². The van der Waals surface area contributed by atoms with E-state index in [2.05, 4.69) is 23.4 Å². The molecule has 0 radical (unpaired) electrons. The van der Waals surface area contributed by atoms with Crippen LogP contribution in [0.25, 0.3) is 0 Å². The van der Waals surface area contributed by atoms with Gasteiger partial charge in [-0.15, -0.1) is 6.42 Å². The van der Waals surface area contributed by atoms with E-state index >= 15 is 0 Å². The van der Waals surface area contributed by atoms with Crippen LogP contribution in [0.1, 0.15) is 17.0 Å². The zero-order valence-corrected chi connectivity index (χ0v) is 6.88. The molecule has 0 amide bonds. The first-order valence-electron chi connectivity index (χ1n) is 4.18. The van der Waals surface area contributed by atoms with Gasteiger partial charge in [0.1, 0.15) is 0 Å². The van der Waals surface area contributed by atoms with Crippen LogP contribution in [-0.2, 0) is 0 Å². The minimum absolute atomic E-state index is 0.636. The summed E-state index contributed by atoms with van der Waals surface area (Å²) in [6.45, 7) is 2.14. The van der Waals surface area contributed by atoms with Crippen LogP contribution in [-0.4, -0.2) is 13.1 Å². The van der Waals surface area contributed by atoms with Gasteiger partial charge in [-0.05, 0) is 11.6 Å². The minimum Gasteiger partial charge on any atom is -0.315 e. The quantitative estimate of drug-likeness (QED) is 0.607. The first-order valence-corrected chi connectivity index (χ1v) is 4.18. The first-order chi connectivity index (χ1) is 5.92. The van der Waals surface area contributed by atoms with Gasteiger partial charge in [0.2, 0.25) is 0 Å². The average Bonchev–Trinajstić information content (AvgIpc) is 2.02. The lowest BCUT2D eigenvalue weighted by molar-refractivity contribution is 0.448. The minimum atomic E-state index is 0.636. The monoisotopic (exact) mass is 157 g/mol. The molecule has 1 aliphatic heterocycles. The van der Waals surface area contributed by atoms with Crippen LogP contribution >= 0.6 is 0 Å². The fourth-order valence-electron chi connectivity index (χ4n) is 1.49. The topological polar surface area (TPSA) is 12.0 Å². The van der Waals surface area contributed by atoms with Crippen molar-refractivity contribution >= 4 is 0 Å². The molecule has 1 saturated heterocycles. The van der Waals surface area contributed by atoms with E-state index in [1.165, 1.54) is 5.56 Å². The van der Waals surface area contributed by atoms with Crippen LogP contribution < -0.4 is 5.32 Å². The van der Waals surface area contributed by atoms with Gasteiger partial charge in [-0.1, -0.05) is 24.1 Å². The van der Waals surface area contributed by atoms with Crippen LogP contribution in [0, 0.1) is 12.3 Å². The SMILES string of the molecule is C#Cc1ccccc1C1CNC1. The highest BCUT2D eigenvalue weighted by Gasteiger charge is 2.20. The number of nitrogens with one attached hydrogen (secondary N) is 1. The molecule has 1 N–H and O–H groups in total. The van der Waals surface area contributed by atoms with Crippen molar-refractivity contribution in [1.82, 2.24) is 5.32 Å². The Labute approximate surface area is 72.8 Å². The lowest BCUT2D eigenvalue weighted by atomic mass is 9.90. The van der Waals surface area contributed by atoms with Gasteiger partial charge in [-0.3, -0.25) is 0 Å². The maximum atomic E-state index is 5.40. The summed E-state index contributed by atoms with van der Waals surface area (Å²) in [5.41, 5.74) is 2.36. The maximum absolute atomic E-state index is 5.40. The van der Waals surface area contributed by atoms with E-state index in [4.69, 9.17) is 6.42 Å². The maximum Gasteiger partial charge on any atom is 0.0278 e. The number of hydrogen-bond donors (Lipinski definition) is 1. The molecule has 1 nitrogen and oxygen atoms in total. The molecule has 0 aliphatic carbocycles. The van der Waals surface area contributed by atoms with Crippen molar-refractivity contribution < 1.29 is 0 Å². The normalized spacial score (nSPS) is 16.6. The summed E-state index contributed by atoms with van der Waals surface area (Å²) in [5, 5.41) is 3.24. The van der Waals surface area contributed by atoms with E-state index in [0.717, 1.165) is 18.7 Å². The third-order valence-corrected chi connectivity index (χ3v) is 2.34. The molecule has 1 aromatic carbocycles. The lowest BCUT2D eigenvalue weighted by Gasteiger charge is -2.28. The Kier molecular flexibility index (Phi) is 1.85. The molecule has 0 aromatic heterocycles. The van der Waals surface area contributed by atoms with Crippen molar-refractivity contribution in [2.45, 2.75) is 5.92 Å². The van der Waals surface area contributed by atoms with Gasteiger partial charge >= 0.3 is 0 Å². The van der Waals surface area contributed by atoms with Gasteiger partial charge in [-0.25, -0.2) is 0 Å². The Morgan fingerprint density at radius 3 is 2.67 bits per heavy atom. The molecule has 0 spiro atoms. The third kappa shape index (κ3) is 1.11. The summed E-state index contributed by atoms with van der Waals surface area (Å²) < 4.78 is 0. The second-order valence-corrected chi connectivity index (χ2v) is 3.09. The highest BCUT2D eigenvalue weighted by atomic mass is 14.9. The van der Waals surface area contributed by atoms with Crippen molar-refractivity contribution in [2.24, 2.45) is 0 Å². The van der Waals surface area contributed by atoms with E-state index in [1.807, 2.05) is 12.1 Å². The summed E-state index contributed by atoms with van der Waals surface area (Å²) in [7, 11) is 0. The number of benzene rings is 1. The Balaban J connectivity index is 2.35. The van der Waals surface area contributed by atoms with Crippen LogP contribution in [0.3, 0.4) is 0 Å². The number of rotatable bonds is 1. The first kappa shape index (κ1) is 7.39. The molecule has 2 rings (SSSR count). The molecular formula is C11H11N. The van der Waals surface area contributed by atoms with Gasteiger partial charge in [0.05, 0.1) is 0 Å². The van der Waals surface area contributed by atoms with E-state index in [-0.39, 0.29) is 0 Å². The van der Waals surface area contributed by atoms with Gasteiger partial charge in [0.15, 0.2) is 0 Å². The Morgan fingerprint density at radius 1 is 1.33 bits per heavy atom. The highest BCUT2D eigenvalue weighted by molar-refractivity contribution is 5.42. The van der Waals surface area contributed by atoms with E-state index in [1.54, 1.807) is 0 Å². The standard InChI is InChI=1S/C11H11N/c1-2-9-5-3-4-6-11(9)10-7-12-8-10/h1,3-6,10,12H,7-8H2. The van der Waals surface area contributed by atoms with Gasteiger partial charge < -0.3 is 5.32 Å². The molecule has 12 heavy (non-hydrogen) atoms. The molecule has 1 aliphatic rings. The largest absolute Gasteiger partial charge is 0.315 e.